The highest BCUT2D eigenvalue weighted by Crippen LogP contribution is 2.19. The van der Waals surface area contributed by atoms with Gasteiger partial charge in [0.15, 0.2) is 0 Å². The quantitative estimate of drug-likeness (QED) is 0.839. The number of nitrogens with zero attached hydrogens (tertiary/aromatic N) is 2. The SMILES string of the molecule is COC(=O)C(Cn1nc(C)c(Br)c1C)NC(C)=O. The van der Waals surface area contributed by atoms with Crippen molar-refractivity contribution in [2.24, 2.45) is 0 Å². The number of aromatic nitrogens is 2. The van der Waals surface area contributed by atoms with Gasteiger partial charge in [0.05, 0.1) is 23.8 Å². The van der Waals surface area contributed by atoms with Crippen LogP contribution in [0.5, 0.6) is 0 Å². The van der Waals surface area contributed by atoms with Gasteiger partial charge in [-0.15, -0.1) is 0 Å². The van der Waals surface area contributed by atoms with Crippen LogP contribution in [0.1, 0.15) is 18.3 Å². The monoisotopic (exact) mass is 317 g/mol. The van der Waals surface area contributed by atoms with Crippen LogP contribution in [0.2, 0.25) is 0 Å². The van der Waals surface area contributed by atoms with Crippen LogP contribution >= 0.6 is 15.9 Å². The lowest BCUT2D eigenvalue weighted by Crippen LogP contribution is -2.43. The van der Waals surface area contributed by atoms with Crippen LogP contribution in [0.4, 0.5) is 0 Å². The van der Waals surface area contributed by atoms with Crippen molar-refractivity contribution < 1.29 is 14.3 Å². The number of nitrogens with one attached hydrogen (secondary N) is 1. The third kappa shape index (κ3) is 3.32. The van der Waals surface area contributed by atoms with Crippen LogP contribution in [-0.2, 0) is 20.9 Å². The molecule has 0 aliphatic heterocycles. The maximum Gasteiger partial charge on any atom is 0.330 e. The van der Waals surface area contributed by atoms with Gasteiger partial charge in [-0.25, -0.2) is 4.79 Å². The zero-order valence-corrected chi connectivity index (χ0v) is 12.4. The summed E-state index contributed by atoms with van der Waals surface area (Å²) >= 11 is 3.41. The van der Waals surface area contributed by atoms with E-state index >= 15 is 0 Å². The van der Waals surface area contributed by atoms with Crippen molar-refractivity contribution in [2.75, 3.05) is 7.11 Å². The summed E-state index contributed by atoms with van der Waals surface area (Å²) in [5, 5.41) is 6.83. The summed E-state index contributed by atoms with van der Waals surface area (Å²) in [4.78, 5) is 22.6. The van der Waals surface area contributed by atoms with Crippen molar-refractivity contribution in [3.63, 3.8) is 0 Å². The van der Waals surface area contributed by atoms with E-state index in [1.54, 1.807) is 4.68 Å². The van der Waals surface area contributed by atoms with Crippen molar-refractivity contribution in [1.82, 2.24) is 15.1 Å². The fourth-order valence-corrected chi connectivity index (χ4v) is 1.88. The molecule has 0 saturated carbocycles. The minimum Gasteiger partial charge on any atom is -0.467 e. The van der Waals surface area contributed by atoms with E-state index < -0.39 is 12.0 Å². The topological polar surface area (TPSA) is 73.2 Å². The Morgan fingerprint density at radius 2 is 2.11 bits per heavy atom. The van der Waals surface area contributed by atoms with E-state index in [0.717, 1.165) is 15.9 Å². The summed E-state index contributed by atoms with van der Waals surface area (Å²) in [6.45, 7) is 5.34. The first-order valence-electron chi connectivity index (χ1n) is 5.41. The molecule has 1 aromatic rings. The third-order valence-corrected chi connectivity index (χ3v) is 3.66. The zero-order valence-electron chi connectivity index (χ0n) is 10.8. The predicted octanol–water partition coefficient (Wildman–Crippen LogP) is 0.940. The summed E-state index contributed by atoms with van der Waals surface area (Å²) in [6, 6.07) is -0.739. The Kier molecular flexibility index (Phi) is 4.89. The average molecular weight is 318 g/mol. The maximum absolute atomic E-state index is 11.6. The number of aryl methyl sites for hydroxylation is 1. The summed E-state index contributed by atoms with van der Waals surface area (Å²) in [5.74, 6) is -0.778. The van der Waals surface area contributed by atoms with Gasteiger partial charge in [0.2, 0.25) is 5.91 Å². The fraction of sp³-hybridized carbons (Fsp3) is 0.545. The van der Waals surface area contributed by atoms with E-state index in [1.165, 1.54) is 14.0 Å². The van der Waals surface area contributed by atoms with E-state index in [9.17, 15) is 9.59 Å². The van der Waals surface area contributed by atoms with E-state index in [4.69, 9.17) is 0 Å². The number of halogens is 1. The summed E-state index contributed by atoms with van der Waals surface area (Å²) in [7, 11) is 1.29. The van der Waals surface area contributed by atoms with Gasteiger partial charge in [-0.1, -0.05) is 0 Å². The van der Waals surface area contributed by atoms with Gasteiger partial charge in [0, 0.05) is 12.6 Å². The molecule has 1 rings (SSSR count). The lowest BCUT2D eigenvalue weighted by molar-refractivity contribution is -0.145. The van der Waals surface area contributed by atoms with Gasteiger partial charge >= 0.3 is 5.97 Å². The maximum atomic E-state index is 11.6. The smallest absolute Gasteiger partial charge is 0.330 e. The molecule has 0 aliphatic carbocycles. The van der Waals surface area contributed by atoms with E-state index in [-0.39, 0.29) is 12.5 Å². The Labute approximate surface area is 114 Å². The number of amides is 1. The summed E-state index contributed by atoms with van der Waals surface area (Å²) < 4.78 is 7.22. The molecule has 0 aromatic carbocycles. The molecule has 1 aromatic heterocycles. The molecule has 1 heterocycles. The largest absolute Gasteiger partial charge is 0.467 e. The second-order valence-electron chi connectivity index (χ2n) is 3.94. The van der Waals surface area contributed by atoms with E-state index in [0.29, 0.717) is 0 Å². The molecule has 6 nitrogen and oxygen atoms in total. The second kappa shape index (κ2) is 5.99. The third-order valence-electron chi connectivity index (χ3n) is 2.51. The minimum absolute atomic E-state index is 0.241. The van der Waals surface area contributed by atoms with Crippen molar-refractivity contribution in [1.29, 1.82) is 0 Å². The van der Waals surface area contributed by atoms with Crippen LogP contribution in [0.3, 0.4) is 0 Å². The first kappa shape index (κ1) is 14.7. The van der Waals surface area contributed by atoms with Gasteiger partial charge in [0.25, 0.3) is 0 Å². The lowest BCUT2D eigenvalue weighted by atomic mass is 10.3. The van der Waals surface area contributed by atoms with E-state index in [1.807, 2.05) is 13.8 Å². The van der Waals surface area contributed by atoms with Gasteiger partial charge in [-0.05, 0) is 29.8 Å². The number of carbonyl (C=O) groups excluding carboxylic acids is 2. The Morgan fingerprint density at radius 3 is 2.50 bits per heavy atom. The van der Waals surface area contributed by atoms with Crippen LogP contribution in [0, 0.1) is 13.8 Å². The number of carbonyl (C=O) groups is 2. The lowest BCUT2D eigenvalue weighted by Gasteiger charge is -2.16. The minimum atomic E-state index is -0.739. The van der Waals surface area contributed by atoms with Crippen LogP contribution in [0.15, 0.2) is 4.47 Å². The molecule has 0 aliphatic rings. The van der Waals surface area contributed by atoms with Crippen LogP contribution < -0.4 is 5.32 Å². The van der Waals surface area contributed by atoms with Gasteiger partial charge in [0.1, 0.15) is 6.04 Å². The highest BCUT2D eigenvalue weighted by Gasteiger charge is 2.22. The Balaban J connectivity index is 2.92. The van der Waals surface area contributed by atoms with Gasteiger partial charge < -0.3 is 10.1 Å². The average Bonchev–Trinajstić information content (AvgIpc) is 2.54. The Hall–Kier alpha value is -1.37. The molecule has 1 amide bonds. The number of hydrogen-bond donors (Lipinski definition) is 1. The molecule has 1 atom stereocenters. The highest BCUT2D eigenvalue weighted by atomic mass is 79.9. The molecular weight excluding hydrogens is 302 g/mol. The molecule has 18 heavy (non-hydrogen) atoms. The van der Waals surface area contributed by atoms with Gasteiger partial charge in [-0.2, -0.15) is 5.10 Å². The molecule has 0 radical (unpaired) electrons. The number of methoxy groups -OCH3 is 1. The number of esters is 1. The van der Waals surface area contributed by atoms with Crippen molar-refractivity contribution in [3.05, 3.63) is 15.9 Å². The number of rotatable bonds is 4. The summed E-state index contributed by atoms with van der Waals surface area (Å²) in [6.07, 6.45) is 0. The van der Waals surface area contributed by atoms with Gasteiger partial charge in [-0.3, -0.25) is 9.48 Å². The molecule has 1 N–H and O–H groups in total. The summed E-state index contributed by atoms with van der Waals surface area (Å²) in [5.41, 5.74) is 1.73. The van der Waals surface area contributed by atoms with Crippen LogP contribution in [-0.4, -0.2) is 34.8 Å². The first-order chi connectivity index (χ1) is 8.36. The van der Waals surface area contributed by atoms with Crippen molar-refractivity contribution >= 4 is 27.8 Å². The molecule has 0 saturated heterocycles. The van der Waals surface area contributed by atoms with Crippen molar-refractivity contribution in [3.8, 4) is 0 Å². The zero-order chi connectivity index (χ0) is 13.9. The van der Waals surface area contributed by atoms with E-state index in [2.05, 4.69) is 31.1 Å². The normalized spacial score (nSPS) is 12.1. The second-order valence-corrected chi connectivity index (χ2v) is 4.74. The van der Waals surface area contributed by atoms with Crippen LogP contribution in [0.25, 0.3) is 0 Å². The molecule has 0 bridgehead atoms. The highest BCUT2D eigenvalue weighted by molar-refractivity contribution is 9.10. The Morgan fingerprint density at radius 1 is 1.50 bits per heavy atom. The molecule has 100 valence electrons. The first-order valence-corrected chi connectivity index (χ1v) is 6.20. The Bertz CT molecular complexity index is 470. The molecule has 0 fully saturated rings. The standard InChI is InChI=1S/C11H16BrN3O3/c1-6-10(12)7(2)15(14-6)5-9(11(17)18-4)13-8(3)16/h9H,5H2,1-4H3,(H,13,16). The predicted molar refractivity (Wildman–Crippen MR) is 69.0 cm³/mol. The van der Waals surface area contributed by atoms with Crippen molar-refractivity contribution in [2.45, 2.75) is 33.4 Å². The molecule has 7 heteroatoms. The molecular formula is C11H16BrN3O3. The molecule has 0 spiro atoms. The fourth-order valence-electron chi connectivity index (χ4n) is 1.59. The number of hydrogen-bond acceptors (Lipinski definition) is 4. The molecule has 1 unspecified atom stereocenters. The number of ether oxygens (including phenoxy) is 1.